The van der Waals surface area contributed by atoms with Gasteiger partial charge in [0.05, 0.1) is 24.0 Å². The van der Waals surface area contributed by atoms with Gasteiger partial charge in [-0.25, -0.2) is 4.79 Å². The summed E-state index contributed by atoms with van der Waals surface area (Å²) in [4.78, 5) is 24.9. The van der Waals surface area contributed by atoms with E-state index in [1.807, 2.05) is 37.3 Å². The van der Waals surface area contributed by atoms with E-state index in [1.165, 1.54) is 0 Å². The lowest BCUT2D eigenvalue weighted by Gasteiger charge is -2.10. The fourth-order valence-electron chi connectivity index (χ4n) is 2.69. The SMILES string of the molecule is CCCCOC(=O)c1ccc(NC(=O)/C(=C/c2ccco2)c2ccccc2)cc1. The highest BCUT2D eigenvalue weighted by atomic mass is 16.5. The lowest BCUT2D eigenvalue weighted by molar-refractivity contribution is -0.111. The van der Waals surface area contributed by atoms with E-state index < -0.39 is 0 Å². The molecule has 5 heteroatoms. The number of anilines is 1. The second-order valence-corrected chi connectivity index (χ2v) is 6.46. The number of unbranched alkanes of at least 4 members (excludes halogenated alkanes) is 1. The number of hydrogen-bond donors (Lipinski definition) is 1. The van der Waals surface area contributed by atoms with Gasteiger partial charge in [-0.15, -0.1) is 0 Å². The number of furan rings is 1. The van der Waals surface area contributed by atoms with Crippen LogP contribution in [0, 0.1) is 0 Å². The van der Waals surface area contributed by atoms with E-state index in [1.54, 1.807) is 48.7 Å². The summed E-state index contributed by atoms with van der Waals surface area (Å²) in [7, 11) is 0. The number of hydrogen-bond acceptors (Lipinski definition) is 4. The molecule has 0 fully saturated rings. The first kappa shape index (κ1) is 20.1. The van der Waals surface area contributed by atoms with Gasteiger partial charge >= 0.3 is 5.97 Å². The second-order valence-electron chi connectivity index (χ2n) is 6.46. The van der Waals surface area contributed by atoms with Gasteiger partial charge in [0.2, 0.25) is 0 Å². The maximum Gasteiger partial charge on any atom is 0.338 e. The topological polar surface area (TPSA) is 68.5 Å². The van der Waals surface area contributed by atoms with Crippen LogP contribution in [0.25, 0.3) is 11.6 Å². The molecule has 1 amide bonds. The van der Waals surface area contributed by atoms with Crippen LogP contribution in [-0.4, -0.2) is 18.5 Å². The van der Waals surface area contributed by atoms with Crippen LogP contribution < -0.4 is 5.32 Å². The zero-order valence-corrected chi connectivity index (χ0v) is 16.3. The van der Waals surface area contributed by atoms with E-state index in [-0.39, 0.29) is 11.9 Å². The Kier molecular flexibility index (Phi) is 7.00. The van der Waals surface area contributed by atoms with Crippen molar-refractivity contribution in [2.45, 2.75) is 19.8 Å². The number of ether oxygens (including phenoxy) is 1. The minimum atomic E-state index is -0.362. The fraction of sp³-hybridized carbons (Fsp3) is 0.167. The van der Waals surface area contributed by atoms with Gasteiger partial charge in [0.25, 0.3) is 5.91 Å². The quantitative estimate of drug-likeness (QED) is 0.317. The number of benzene rings is 2. The summed E-state index contributed by atoms with van der Waals surface area (Å²) in [5.41, 5.74) is 2.29. The van der Waals surface area contributed by atoms with Crippen molar-refractivity contribution in [1.82, 2.24) is 0 Å². The Morgan fingerprint density at radius 1 is 0.966 bits per heavy atom. The molecular formula is C24H23NO4. The van der Waals surface area contributed by atoms with Crippen molar-refractivity contribution in [3.8, 4) is 0 Å². The van der Waals surface area contributed by atoms with Crippen molar-refractivity contribution in [3.63, 3.8) is 0 Å². The summed E-state index contributed by atoms with van der Waals surface area (Å²) < 4.78 is 10.6. The summed E-state index contributed by atoms with van der Waals surface area (Å²) in [5.74, 6) is -0.0472. The van der Waals surface area contributed by atoms with Crippen molar-refractivity contribution in [2.24, 2.45) is 0 Å². The maximum atomic E-state index is 12.9. The molecule has 1 aromatic heterocycles. The molecule has 0 atom stereocenters. The largest absolute Gasteiger partial charge is 0.465 e. The Bertz CT molecular complexity index is 958. The van der Waals surface area contributed by atoms with Gasteiger partial charge in [-0.1, -0.05) is 43.7 Å². The molecule has 3 aromatic rings. The summed E-state index contributed by atoms with van der Waals surface area (Å²) >= 11 is 0. The van der Waals surface area contributed by atoms with Crippen LogP contribution in [0.4, 0.5) is 5.69 Å². The Morgan fingerprint density at radius 3 is 2.38 bits per heavy atom. The first-order chi connectivity index (χ1) is 14.2. The lowest BCUT2D eigenvalue weighted by Crippen LogP contribution is -2.14. The van der Waals surface area contributed by atoms with Gasteiger partial charge in [0.1, 0.15) is 5.76 Å². The Hall–Kier alpha value is -3.60. The number of rotatable bonds is 8. The van der Waals surface area contributed by atoms with Gasteiger partial charge in [0.15, 0.2) is 0 Å². The highest BCUT2D eigenvalue weighted by molar-refractivity contribution is 6.29. The Balaban J connectivity index is 1.74. The zero-order valence-electron chi connectivity index (χ0n) is 16.3. The first-order valence-corrected chi connectivity index (χ1v) is 9.56. The molecular weight excluding hydrogens is 366 g/mol. The summed E-state index contributed by atoms with van der Waals surface area (Å²) in [6.45, 7) is 2.45. The van der Waals surface area contributed by atoms with E-state index in [9.17, 15) is 9.59 Å². The molecule has 0 aliphatic carbocycles. The molecule has 0 bridgehead atoms. The van der Waals surface area contributed by atoms with E-state index in [0.29, 0.717) is 29.2 Å². The van der Waals surface area contributed by atoms with Crippen LogP contribution in [0.1, 0.15) is 41.4 Å². The molecule has 0 saturated carbocycles. The fourth-order valence-corrected chi connectivity index (χ4v) is 2.69. The predicted molar refractivity (Wildman–Crippen MR) is 113 cm³/mol. The highest BCUT2D eigenvalue weighted by Gasteiger charge is 2.14. The molecule has 0 aliphatic rings. The molecule has 2 aromatic carbocycles. The summed E-state index contributed by atoms with van der Waals surface area (Å²) in [5, 5.41) is 2.87. The number of esters is 1. The van der Waals surface area contributed by atoms with E-state index in [4.69, 9.17) is 9.15 Å². The van der Waals surface area contributed by atoms with Gasteiger partial charge in [-0.3, -0.25) is 4.79 Å². The molecule has 5 nitrogen and oxygen atoms in total. The van der Waals surface area contributed by atoms with Crippen LogP contribution in [0.15, 0.2) is 77.4 Å². The first-order valence-electron chi connectivity index (χ1n) is 9.56. The van der Waals surface area contributed by atoms with Gasteiger partial charge < -0.3 is 14.5 Å². The van der Waals surface area contributed by atoms with Crippen LogP contribution in [0.5, 0.6) is 0 Å². The van der Waals surface area contributed by atoms with Crippen molar-refractivity contribution >= 4 is 29.2 Å². The molecule has 0 unspecified atom stereocenters. The molecule has 0 aliphatic heterocycles. The minimum Gasteiger partial charge on any atom is -0.465 e. The van der Waals surface area contributed by atoms with Crippen LogP contribution in [0.3, 0.4) is 0 Å². The summed E-state index contributed by atoms with van der Waals surface area (Å²) in [6.07, 6.45) is 5.06. The minimum absolute atomic E-state index is 0.272. The zero-order chi connectivity index (χ0) is 20.5. The third kappa shape index (κ3) is 5.69. The van der Waals surface area contributed by atoms with Crippen LogP contribution >= 0.6 is 0 Å². The Morgan fingerprint density at radius 2 is 1.72 bits per heavy atom. The lowest BCUT2D eigenvalue weighted by atomic mass is 10.0. The van der Waals surface area contributed by atoms with E-state index >= 15 is 0 Å². The standard InChI is InChI=1S/C24H23NO4/c1-2-3-15-29-24(27)19-11-13-20(14-12-19)25-23(26)22(17-21-10-7-16-28-21)18-8-5-4-6-9-18/h4-14,16-17H,2-3,15H2,1H3,(H,25,26)/b22-17+. The molecule has 3 rings (SSSR count). The molecule has 0 saturated heterocycles. The molecule has 0 spiro atoms. The third-order valence-electron chi connectivity index (χ3n) is 4.27. The van der Waals surface area contributed by atoms with E-state index in [2.05, 4.69) is 5.32 Å². The van der Waals surface area contributed by atoms with Crippen LogP contribution in [-0.2, 0) is 9.53 Å². The average molecular weight is 389 g/mol. The van der Waals surface area contributed by atoms with E-state index in [0.717, 1.165) is 18.4 Å². The van der Waals surface area contributed by atoms with Crippen molar-refractivity contribution in [2.75, 3.05) is 11.9 Å². The van der Waals surface area contributed by atoms with Crippen molar-refractivity contribution < 1.29 is 18.7 Å². The molecule has 1 heterocycles. The molecule has 0 radical (unpaired) electrons. The third-order valence-corrected chi connectivity index (χ3v) is 4.27. The smallest absolute Gasteiger partial charge is 0.338 e. The Labute approximate surface area is 170 Å². The summed E-state index contributed by atoms with van der Waals surface area (Å²) in [6, 6.07) is 19.6. The van der Waals surface area contributed by atoms with Gasteiger partial charge in [0, 0.05) is 5.69 Å². The highest BCUT2D eigenvalue weighted by Crippen LogP contribution is 2.21. The monoisotopic (exact) mass is 389 g/mol. The average Bonchev–Trinajstić information content (AvgIpc) is 3.26. The normalized spacial score (nSPS) is 11.1. The van der Waals surface area contributed by atoms with Crippen LogP contribution in [0.2, 0.25) is 0 Å². The van der Waals surface area contributed by atoms with Gasteiger partial charge in [-0.2, -0.15) is 0 Å². The van der Waals surface area contributed by atoms with Crippen molar-refractivity contribution in [3.05, 3.63) is 89.9 Å². The maximum absolute atomic E-state index is 12.9. The predicted octanol–water partition coefficient (Wildman–Crippen LogP) is 5.42. The number of amides is 1. The number of carbonyl (C=O) groups excluding carboxylic acids is 2. The number of nitrogens with one attached hydrogen (secondary N) is 1. The molecule has 148 valence electrons. The van der Waals surface area contributed by atoms with Gasteiger partial charge in [-0.05, 0) is 54.5 Å². The molecule has 1 N–H and O–H groups in total. The second kappa shape index (κ2) is 10.1. The molecule has 29 heavy (non-hydrogen) atoms. The van der Waals surface area contributed by atoms with Crippen molar-refractivity contribution in [1.29, 1.82) is 0 Å². The number of carbonyl (C=O) groups is 2.